The Labute approximate surface area is 59.0 Å². The molecule has 0 bridgehead atoms. The van der Waals surface area contributed by atoms with Gasteiger partial charge in [-0.3, -0.25) is 9.59 Å². The summed E-state index contributed by atoms with van der Waals surface area (Å²) < 4.78 is 0. The Morgan fingerprint density at radius 2 is 2.00 bits per heavy atom. The van der Waals surface area contributed by atoms with Gasteiger partial charge >= 0.3 is 0 Å². The molecule has 3 heteroatoms. The Morgan fingerprint density at radius 3 is 2.33 bits per heavy atom. The second-order valence-electron chi connectivity index (χ2n) is 1.65. The molecule has 0 radical (unpaired) electrons. The molecular formula is C6H10O2S. The molecule has 52 valence electrons. The largest absolute Gasteiger partial charge is 0.299 e. The molecule has 0 aliphatic rings. The van der Waals surface area contributed by atoms with Gasteiger partial charge in [-0.2, -0.15) is 0 Å². The molecule has 0 saturated heterocycles. The van der Waals surface area contributed by atoms with Crippen LogP contribution >= 0.6 is 11.8 Å². The maximum absolute atomic E-state index is 10.5. The Balaban J connectivity index is 3.47. The van der Waals surface area contributed by atoms with Gasteiger partial charge in [0.1, 0.15) is 5.78 Å². The lowest BCUT2D eigenvalue weighted by Crippen LogP contribution is -2.01. The van der Waals surface area contributed by atoms with E-state index in [0.29, 0.717) is 6.42 Å². The van der Waals surface area contributed by atoms with E-state index in [1.807, 2.05) is 0 Å². The van der Waals surface area contributed by atoms with Crippen LogP contribution in [-0.4, -0.2) is 17.2 Å². The van der Waals surface area contributed by atoms with Gasteiger partial charge in [-0.1, -0.05) is 18.7 Å². The van der Waals surface area contributed by atoms with Crippen molar-refractivity contribution in [1.29, 1.82) is 0 Å². The van der Waals surface area contributed by atoms with Crippen LogP contribution < -0.4 is 0 Å². The first-order valence-corrected chi connectivity index (χ1v) is 4.01. The average molecular weight is 146 g/mol. The lowest BCUT2D eigenvalue weighted by molar-refractivity contribution is -0.123. The fraction of sp³-hybridized carbons (Fsp3) is 0.667. The molecule has 2 nitrogen and oxygen atoms in total. The molecule has 0 aromatic heterocycles. The summed E-state index contributed by atoms with van der Waals surface area (Å²) in [5.41, 5.74) is 0. The molecule has 0 atom stereocenters. The normalized spacial score (nSPS) is 9.11. The zero-order valence-corrected chi connectivity index (χ0v) is 6.46. The summed E-state index contributed by atoms with van der Waals surface area (Å²) >= 11 is 1.11. The number of carbonyl (C=O) groups is 2. The molecule has 0 aliphatic heterocycles. The molecule has 0 unspecified atom stereocenters. The topological polar surface area (TPSA) is 34.1 Å². The third-order valence-corrected chi connectivity index (χ3v) is 1.56. The lowest BCUT2D eigenvalue weighted by Gasteiger charge is -1.90. The van der Waals surface area contributed by atoms with Crippen LogP contribution in [0.4, 0.5) is 0 Å². The summed E-state index contributed by atoms with van der Waals surface area (Å²) in [6.07, 6.45) is 2.25. The van der Waals surface area contributed by atoms with Gasteiger partial charge < -0.3 is 0 Å². The van der Waals surface area contributed by atoms with E-state index in [1.54, 1.807) is 13.2 Å². The van der Waals surface area contributed by atoms with Crippen molar-refractivity contribution in [1.82, 2.24) is 0 Å². The van der Waals surface area contributed by atoms with Crippen molar-refractivity contribution in [2.45, 2.75) is 19.8 Å². The zero-order valence-electron chi connectivity index (χ0n) is 5.64. The number of hydrogen-bond donors (Lipinski definition) is 0. The van der Waals surface area contributed by atoms with Crippen molar-refractivity contribution in [2.24, 2.45) is 0 Å². The summed E-state index contributed by atoms with van der Waals surface area (Å²) in [7, 11) is 0. The van der Waals surface area contributed by atoms with Gasteiger partial charge in [-0.25, -0.2) is 0 Å². The fourth-order valence-electron chi connectivity index (χ4n) is 0.358. The van der Waals surface area contributed by atoms with Crippen LogP contribution in [0.2, 0.25) is 0 Å². The van der Waals surface area contributed by atoms with Gasteiger partial charge in [0.15, 0.2) is 5.12 Å². The highest BCUT2D eigenvalue weighted by molar-refractivity contribution is 8.13. The third-order valence-electron chi connectivity index (χ3n) is 0.964. The molecule has 0 fully saturated rings. The van der Waals surface area contributed by atoms with Gasteiger partial charge in [0.2, 0.25) is 0 Å². The van der Waals surface area contributed by atoms with E-state index in [2.05, 4.69) is 0 Å². The first kappa shape index (κ1) is 8.69. The van der Waals surface area contributed by atoms with Gasteiger partial charge in [-0.05, 0) is 6.26 Å². The smallest absolute Gasteiger partial charge is 0.196 e. The van der Waals surface area contributed by atoms with Crippen LogP contribution in [0.1, 0.15) is 19.8 Å². The SMILES string of the molecule is CCC(=O)CC(=O)SC. The van der Waals surface area contributed by atoms with Crippen LogP contribution in [0.3, 0.4) is 0 Å². The minimum absolute atomic E-state index is 0.0225. The van der Waals surface area contributed by atoms with Crippen LogP contribution in [-0.2, 0) is 9.59 Å². The van der Waals surface area contributed by atoms with Gasteiger partial charge in [0.05, 0.1) is 6.42 Å². The molecule has 0 N–H and O–H groups in total. The standard InChI is InChI=1S/C6H10O2S/c1-3-5(7)4-6(8)9-2/h3-4H2,1-2H3. The van der Waals surface area contributed by atoms with E-state index in [-0.39, 0.29) is 17.3 Å². The summed E-state index contributed by atoms with van der Waals surface area (Å²) in [6.45, 7) is 1.76. The van der Waals surface area contributed by atoms with Crippen molar-refractivity contribution in [3.63, 3.8) is 0 Å². The minimum atomic E-state index is -0.0400. The number of Topliss-reactive ketones (excluding diaryl/α,β-unsaturated/α-hetero) is 1. The quantitative estimate of drug-likeness (QED) is 0.562. The molecule has 0 amide bonds. The number of ketones is 1. The van der Waals surface area contributed by atoms with Crippen LogP contribution in [0, 0.1) is 0 Å². The number of thioether (sulfide) groups is 1. The second kappa shape index (κ2) is 4.56. The van der Waals surface area contributed by atoms with Gasteiger partial charge in [-0.15, -0.1) is 0 Å². The van der Waals surface area contributed by atoms with E-state index in [9.17, 15) is 9.59 Å². The van der Waals surface area contributed by atoms with E-state index in [1.165, 1.54) is 0 Å². The summed E-state index contributed by atoms with van der Waals surface area (Å²) in [4.78, 5) is 21.1. The van der Waals surface area contributed by atoms with Crippen molar-refractivity contribution < 1.29 is 9.59 Å². The van der Waals surface area contributed by atoms with Crippen LogP contribution in [0.5, 0.6) is 0 Å². The third kappa shape index (κ3) is 4.21. The Morgan fingerprint density at radius 1 is 1.44 bits per heavy atom. The fourth-order valence-corrected chi connectivity index (χ4v) is 0.663. The van der Waals surface area contributed by atoms with Crippen LogP contribution in [0.25, 0.3) is 0 Å². The number of rotatable bonds is 3. The second-order valence-corrected chi connectivity index (χ2v) is 2.51. The molecular weight excluding hydrogens is 136 g/mol. The molecule has 0 saturated carbocycles. The van der Waals surface area contributed by atoms with Gasteiger partial charge in [0, 0.05) is 6.42 Å². The Kier molecular flexibility index (Phi) is 4.40. The zero-order chi connectivity index (χ0) is 7.28. The molecule has 0 rings (SSSR count). The maximum Gasteiger partial charge on any atom is 0.196 e. The van der Waals surface area contributed by atoms with E-state index in [0.717, 1.165) is 11.8 Å². The predicted octanol–water partition coefficient (Wildman–Crippen LogP) is 1.25. The monoisotopic (exact) mass is 146 g/mol. The number of hydrogen-bond acceptors (Lipinski definition) is 3. The molecule has 0 aromatic rings. The van der Waals surface area contributed by atoms with Crippen molar-refractivity contribution in [3.05, 3.63) is 0 Å². The number of carbonyl (C=O) groups excluding carboxylic acids is 2. The van der Waals surface area contributed by atoms with E-state index < -0.39 is 0 Å². The first-order chi connectivity index (χ1) is 4.20. The van der Waals surface area contributed by atoms with E-state index >= 15 is 0 Å². The highest BCUT2D eigenvalue weighted by Crippen LogP contribution is 2.00. The summed E-state index contributed by atoms with van der Waals surface area (Å²) in [5, 5.41) is -0.0400. The Bertz CT molecular complexity index is 106. The molecule has 0 aliphatic carbocycles. The molecule has 0 spiro atoms. The summed E-state index contributed by atoms with van der Waals surface area (Å²) in [5.74, 6) is 0.0225. The molecule has 0 heterocycles. The van der Waals surface area contributed by atoms with Crippen LogP contribution in [0.15, 0.2) is 0 Å². The average Bonchev–Trinajstić information content (AvgIpc) is 1.87. The highest BCUT2D eigenvalue weighted by atomic mass is 32.2. The van der Waals surface area contributed by atoms with E-state index in [4.69, 9.17) is 0 Å². The first-order valence-electron chi connectivity index (χ1n) is 2.79. The molecule has 9 heavy (non-hydrogen) atoms. The minimum Gasteiger partial charge on any atom is -0.299 e. The maximum atomic E-state index is 10.5. The highest BCUT2D eigenvalue weighted by Gasteiger charge is 2.04. The predicted molar refractivity (Wildman–Crippen MR) is 38.4 cm³/mol. The molecule has 0 aromatic carbocycles. The van der Waals surface area contributed by atoms with Gasteiger partial charge in [0.25, 0.3) is 0 Å². The van der Waals surface area contributed by atoms with Crippen molar-refractivity contribution in [2.75, 3.05) is 6.26 Å². The summed E-state index contributed by atoms with van der Waals surface area (Å²) in [6, 6.07) is 0. The lowest BCUT2D eigenvalue weighted by atomic mass is 10.2. The van der Waals surface area contributed by atoms with Crippen molar-refractivity contribution in [3.8, 4) is 0 Å². The van der Waals surface area contributed by atoms with Crippen molar-refractivity contribution >= 4 is 22.7 Å². The Hall–Kier alpha value is -0.310.